The monoisotopic (exact) mass is 412 g/mol. The molecule has 0 aromatic heterocycles. The number of hydrogen-bond donors (Lipinski definition) is 1. The standard InChI is InChI=1S/C26H24N2O3/c1-19-6-5-7-21(14-19)18-31-25-9-4-3-8-22(25)15-23(16-27)26(29)28-17-20-10-12-24(30-2)13-11-20/h3-15H,17-18H2,1-2H3,(H,28,29)/b23-15-. The zero-order valence-corrected chi connectivity index (χ0v) is 17.6. The number of benzene rings is 3. The van der Waals surface area contributed by atoms with Crippen LogP contribution < -0.4 is 14.8 Å². The van der Waals surface area contributed by atoms with Crippen molar-refractivity contribution in [1.29, 1.82) is 5.26 Å². The van der Waals surface area contributed by atoms with Crippen LogP contribution in [0.1, 0.15) is 22.3 Å². The minimum atomic E-state index is -0.438. The van der Waals surface area contributed by atoms with E-state index in [1.165, 1.54) is 0 Å². The predicted molar refractivity (Wildman–Crippen MR) is 120 cm³/mol. The number of nitrogens with one attached hydrogen (secondary N) is 1. The number of amides is 1. The molecule has 0 saturated heterocycles. The highest BCUT2D eigenvalue weighted by Gasteiger charge is 2.11. The molecule has 0 atom stereocenters. The van der Waals surface area contributed by atoms with Crippen LogP contribution in [-0.2, 0) is 17.9 Å². The van der Waals surface area contributed by atoms with Crippen LogP contribution >= 0.6 is 0 Å². The van der Waals surface area contributed by atoms with E-state index in [2.05, 4.69) is 11.4 Å². The minimum Gasteiger partial charge on any atom is -0.497 e. The lowest BCUT2D eigenvalue weighted by Crippen LogP contribution is -2.23. The molecule has 0 spiro atoms. The summed E-state index contributed by atoms with van der Waals surface area (Å²) in [5, 5.41) is 12.3. The Morgan fingerprint density at radius 3 is 2.52 bits per heavy atom. The molecule has 0 aliphatic rings. The molecule has 3 aromatic rings. The zero-order valence-electron chi connectivity index (χ0n) is 17.6. The van der Waals surface area contributed by atoms with Crippen molar-refractivity contribution in [3.63, 3.8) is 0 Å². The van der Waals surface area contributed by atoms with E-state index in [1.54, 1.807) is 13.2 Å². The van der Waals surface area contributed by atoms with Crippen LogP contribution in [0.3, 0.4) is 0 Å². The van der Waals surface area contributed by atoms with Gasteiger partial charge in [0, 0.05) is 12.1 Å². The van der Waals surface area contributed by atoms with E-state index < -0.39 is 5.91 Å². The fraction of sp³-hybridized carbons (Fsp3) is 0.154. The van der Waals surface area contributed by atoms with Crippen molar-refractivity contribution in [2.45, 2.75) is 20.1 Å². The SMILES string of the molecule is COc1ccc(CNC(=O)/C(C#N)=C\c2ccccc2OCc2cccc(C)c2)cc1. The molecule has 3 rings (SSSR count). The number of methoxy groups -OCH3 is 1. The quantitative estimate of drug-likeness (QED) is 0.426. The van der Waals surface area contributed by atoms with Gasteiger partial charge in [-0.3, -0.25) is 4.79 Å². The Morgan fingerprint density at radius 2 is 1.81 bits per heavy atom. The molecular weight excluding hydrogens is 388 g/mol. The van der Waals surface area contributed by atoms with Gasteiger partial charge in [0.25, 0.3) is 5.91 Å². The second-order valence-electron chi connectivity index (χ2n) is 7.02. The van der Waals surface area contributed by atoms with Gasteiger partial charge >= 0.3 is 0 Å². The van der Waals surface area contributed by atoms with Crippen LogP contribution in [0.15, 0.2) is 78.4 Å². The molecule has 1 amide bonds. The summed E-state index contributed by atoms with van der Waals surface area (Å²) in [4.78, 5) is 12.5. The third-order valence-corrected chi connectivity index (χ3v) is 4.67. The third-order valence-electron chi connectivity index (χ3n) is 4.67. The topological polar surface area (TPSA) is 71.3 Å². The summed E-state index contributed by atoms with van der Waals surface area (Å²) in [6.45, 7) is 2.75. The summed E-state index contributed by atoms with van der Waals surface area (Å²) >= 11 is 0. The summed E-state index contributed by atoms with van der Waals surface area (Å²) in [6, 6.07) is 24.8. The fourth-order valence-corrected chi connectivity index (χ4v) is 3.02. The van der Waals surface area contributed by atoms with Crippen molar-refractivity contribution >= 4 is 12.0 Å². The zero-order chi connectivity index (χ0) is 22.1. The molecule has 156 valence electrons. The number of carbonyl (C=O) groups is 1. The number of aryl methyl sites for hydroxylation is 1. The molecule has 0 fully saturated rings. The number of ether oxygens (including phenoxy) is 2. The maximum Gasteiger partial charge on any atom is 0.262 e. The molecule has 5 nitrogen and oxygen atoms in total. The Morgan fingerprint density at radius 1 is 1.03 bits per heavy atom. The number of nitriles is 1. The van der Waals surface area contributed by atoms with Gasteiger partial charge in [-0.2, -0.15) is 5.26 Å². The Bertz CT molecular complexity index is 1110. The molecule has 5 heteroatoms. The lowest BCUT2D eigenvalue weighted by Gasteiger charge is -2.10. The third kappa shape index (κ3) is 6.22. The van der Waals surface area contributed by atoms with Crippen LogP contribution in [0.25, 0.3) is 6.08 Å². The smallest absolute Gasteiger partial charge is 0.262 e. The molecule has 1 N–H and O–H groups in total. The Balaban J connectivity index is 1.69. The van der Waals surface area contributed by atoms with Crippen molar-refractivity contribution in [3.8, 4) is 17.6 Å². The Kier molecular flexibility index (Phi) is 7.45. The van der Waals surface area contributed by atoms with Crippen molar-refractivity contribution in [3.05, 3.63) is 101 Å². The van der Waals surface area contributed by atoms with Gasteiger partial charge in [0.1, 0.15) is 29.7 Å². The minimum absolute atomic E-state index is 0.0140. The number of carbonyl (C=O) groups excluding carboxylic acids is 1. The van der Waals surface area contributed by atoms with E-state index >= 15 is 0 Å². The second-order valence-corrected chi connectivity index (χ2v) is 7.02. The average molecular weight is 412 g/mol. The maximum atomic E-state index is 12.5. The lowest BCUT2D eigenvalue weighted by molar-refractivity contribution is -0.117. The van der Waals surface area contributed by atoms with E-state index in [1.807, 2.05) is 79.7 Å². The van der Waals surface area contributed by atoms with E-state index in [0.29, 0.717) is 24.5 Å². The largest absolute Gasteiger partial charge is 0.497 e. The summed E-state index contributed by atoms with van der Waals surface area (Å²) in [6.07, 6.45) is 1.55. The molecule has 0 aliphatic heterocycles. The first kappa shape index (κ1) is 21.7. The normalized spacial score (nSPS) is 10.8. The molecule has 0 radical (unpaired) electrons. The lowest BCUT2D eigenvalue weighted by atomic mass is 10.1. The van der Waals surface area contributed by atoms with Crippen LogP contribution in [0.2, 0.25) is 0 Å². The first-order chi connectivity index (χ1) is 15.1. The predicted octanol–water partition coefficient (Wildman–Crippen LogP) is 4.81. The van der Waals surface area contributed by atoms with Crippen molar-refractivity contribution in [1.82, 2.24) is 5.32 Å². The second kappa shape index (κ2) is 10.7. The Hall–Kier alpha value is -4.04. The van der Waals surface area contributed by atoms with Crippen LogP contribution in [-0.4, -0.2) is 13.0 Å². The van der Waals surface area contributed by atoms with E-state index in [0.717, 1.165) is 22.4 Å². The Labute approximate surface area is 182 Å². The highest BCUT2D eigenvalue weighted by molar-refractivity contribution is 6.01. The number of hydrogen-bond acceptors (Lipinski definition) is 4. The van der Waals surface area contributed by atoms with Crippen molar-refractivity contribution < 1.29 is 14.3 Å². The molecule has 31 heavy (non-hydrogen) atoms. The molecule has 0 saturated carbocycles. The molecule has 0 heterocycles. The molecule has 0 bridgehead atoms. The van der Waals surface area contributed by atoms with E-state index in [-0.39, 0.29) is 5.57 Å². The number of nitrogens with zero attached hydrogens (tertiary/aromatic N) is 1. The van der Waals surface area contributed by atoms with Gasteiger partial charge in [0.2, 0.25) is 0 Å². The fourth-order valence-electron chi connectivity index (χ4n) is 3.02. The molecule has 0 unspecified atom stereocenters. The number of para-hydroxylation sites is 1. The van der Waals surface area contributed by atoms with Crippen molar-refractivity contribution in [2.75, 3.05) is 7.11 Å². The summed E-state index contributed by atoms with van der Waals surface area (Å²) < 4.78 is 11.1. The molecule has 0 aliphatic carbocycles. The van der Waals surface area contributed by atoms with E-state index in [9.17, 15) is 10.1 Å². The van der Waals surface area contributed by atoms with Gasteiger partial charge in [-0.15, -0.1) is 0 Å². The summed E-state index contributed by atoms with van der Waals surface area (Å²) in [7, 11) is 1.60. The van der Waals surface area contributed by atoms with E-state index in [4.69, 9.17) is 9.47 Å². The molecule has 3 aromatic carbocycles. The van der Waals surface area contributed by atoms with Gasteiger partial charge in [-0.25, -0.2) is 0 Å². The first-order valence-electron chi connectivity index (χ1n) is 9.89. The highest BCUT2D eigenvalue weighted by Crippen LogP contribution is 2.22. The average Bonchev–Trinajstić information content (AvgIpc) is 2.80. The first-order valence-corrected chi connectivity index (χ1v) is 9.89. The maximum absolute atomic E-state index is 12.5. The summed E-state index contributed by atoms with van der Waals surface area (Å²) in [5.74, 6) is 0.918. The van der Waals surface area contributed by atoms with Crippen LogP contribution in [0.5, 0.6) is 11.5 Å². The number of rotatable bonds is 8. The van der Waals surface area contributed by atoms with Gasteiger partial charge in [-0.05, 0) is 42.3 Å². The highest BCUT2D eigenvalue weighted by atomic mass is 16.5. The van der Waals surface area contributed by atoms with Gasteiger partial charge in [0.05, 0.1) is 7.11 Å². The van der Waals surface area contributed by atoms with Crippen LogP contribution in [0.4, 0.5) is 0 Å². The van der Waals surface area contributed by atoms with Gasteiger partial charge in [0.15, 0.2) is 0 Å². The van der Waals surface area contributed by atoms with Crippen molar-refractivity contribution in [2.24, 2.45) is 0 Å². The summed E-state index contributed by atoms with van der Waals surface area (Å²) in [5.41, 5.74) is 3.81. The molecular formula is C26H24N2O3. The van der Waals surface area contributed by atoms with Gasteiger partial charge < -0.3 is 14.8 Å². The van der Waals surface area contributed by atoms with Crippen LogP contribution in [0, 0.1) is 18.3 Å². The van der Waals surface area contributed by atoms with Gasteiger partial charge in [-0.1, -0.05) is 60.2 Å².